The summed E-state index contributed by atoms with van der Waals surface area (Å²) in [5, 5.41) is 4.78. The highest BCUT2D eigenvalue weighted by molar-refractivity contribution is 7.98. The van der Waals surface area contributed by atoms with E-state index in [1.165, 1.54) is 17.3 Å². The molecule has 4 rings (SSSR count). The Morgan fingerprint density at radius 3 is 2.70 bits per heavy atom. The number of amides is 1. The fraction of sp³-hybridized carbons (Fsp3) is 0.423. The van der Waals surface area contributed by atoms with E-state index in [4.69, 9.17) is 9.26 Å². The Morgan fingerprint density at radius 2 is 2.00 bits per heavy atom. The van der Waals surface area contributed by atoms with E-state index in [2.05, 4.69) is 22.3 Å². The molecule has 1 aliphatic heterocycles. The molecule has 1 amide bonds. The third-order valence-corrected chi connectivity index (χ3v) is 7.05. The molecule has 0 unspecified atom stereocenters. The van der Waals surface area contributed by atoms with E-state index in [0.717, 1.165) is 61.0 Å². The van der Waals surface area contributed by atoms with Gasteiger partial charge in [-0.1, -0.05) is 29.1 Å². The summed E-state index contributed by atoms with van der Waals surface area (Å²) in [6, 6.07) is 14.0. The molecule has 0 bridgehead atoms. The van der Waals surface area contributed by atoms with Gasteiger partial charge in [0, 0.05) is 31.1 Å². The number of pyridine rings is 1. The number of benzene rings is 1. The first-order valence-electron chi connectivity index (χ1n) is 11.6. The summed E-state index contributed by atoms with van der Waals surface area (Å²) < 4.78 is 10.7. The summed E-state index contributed by atoms with van der Waals surface area (Å²) in [6.07, 6.45) is 6.05. The molecule has 0 N–H and O–H groups in total. The average molecular weight is 466 g/mol. The molecule has 33 heavy (non-hydrogen) atoms. The van der Waals surface area contributed by atoms with Crippen LogP contribution in [0.5, 0.6) is 5.75 Å². The molecule has 0 saturated carbocycles. The summed E-state index contributed by atoms with van der Waals surface area (Å²) in [7, 11) is 0. The van der Waals surface area contributed by atoms with Crippen LogP contribution in [0.3, 0.4) is 0 Å². The van der Waals surface area contributed by atoms with Crippen molar-refractivity contribution in [2.75, 3.05) is 19.7 Å². The first-order valence-corrected chi connectivity index (χ1v) is 12.6. The fourth-order valence-corrected chi connectivity index (χ4v) is 5.05. The minimum atomic E-state index is 0.0758. The van der Waals surface area contributed by atoms with Crippen molar-refractivity contribution >= 4 is 17.7 Å². The minimum absolute atomic E-state index is 0.0758. The van der Waals surface area contributed by atoms with Gasteiger partial charge in [0.1, 0.15) is 16.5 Å². The maximum atomic E-state index is 13.2. The first-order chi connectivity index (χ1) is 16.1. The SMILES string of the molecule is CCOc1ccc(CCC2CCN(C(=O)c3cccnc3SCc3cc(C)on3)CC2)cc1. The third kappa shape index (κ3) is 6.38. The normalized spacial score (nSPS) is 14.4. The molecule has 7 heteroatoms. The fourth-order valence-electron chi connectivity index (χ4n) is 4.18. The number of aryl methyl sites for hydroxylation is 2. The number of nitrogens with zero attached hydrogens (tertiary/aromatic N) is 3. The molecule has 0 spiro atoms. The van der Waals surface area contributed by atoms with Crippen LogP contribution in [0.4, 0.5) is 0 Å². The van der Waals surface area contributed by atoms with Crippen LogP contribution in [0.25, 0.3) is 0 Å². The Hall–Kier alpha value is -2.80. The predicted octanol–water partition coefficient (Wildman–Crippen LogP) is 5.55. The van der Waals surface area contributed by atoms with Crippen molar-refractivity contribution < 1.29 is 14.1 Å². The summed E-state index contributed by atoms with van der Waals surface area (Å²) in [6.45, 7) is 6.16. The lowest BCUT2D eigenvalue weighted by molar-refractivity contribution is 0.0682. The molecule has 1 aromatic carbocycles. The van der Waals surface area contributed by atoms with Gasteiger partial charge in [-0.25, -0.2) is 4.98 Å². The van der Waals surface area contributed by atoms with Gasteiger partial charge in [0.15, 0.2) is 0 Å². The number of ether oxygens (including phenoxy) is 1. The first kappa shape index (κ1) is 23.4. The monoisotopic (exact) mass is 465 g/mol. The molecule has 3 heterocycles. The molecule has 0 aliphatic carbocycles. The molecule has 174 valence electrons. The van der Waals surface area contributed by atoms with Gasteiger partial charge in [0.2, 0.25) is 0 Å². The Morgan fingerprint density at radius 1 is 1.21 bits per heavy atom. The van der Waals surface area contributed by atoms with Gasteiger partial charge in [-0.3, -0.25) is 4.79 Å². The van der Waals surface area contributed by atoms with Crippen molar-refractivity contribution in [1.29, 1.82) is 0 Å². The zero-order valence-corrected chi connectivity index (χ0v) is 20.1. The summed E-state index contributed by atoms with van der Waals surface area (Å²) in [4.78, 5) is 19.7. The number of aromatic nitrogens is 2. The van der Waals surface area contributed by atoms with Crippen molar-refractivity contribution in [2.24, 2.45) is 5.92 Å². The Labute approximate surface area is 199 Å². The zero-order chi connectivity index (χ0) is 23.0. The van der Waals surface area contributed by atoms with Crippen LogP contribution in [0.2, 0.25) is 0 Å². The number of carbonyl (C=O) groups excluding carboxylic acids is 1. The maximum Gasteiger partial charge on any atom is 0.256 e. The van der Waals surface area contributed by atoms with Crippen LogP contribution in [-0.4, -0.2) is 40.6 Å². The molecule has 0 atom stereocenters. The van der Waals surface area contributed by atoms with E-state index in [1.54, 1.807) is 6.20 Å². The number of rotatable bonds is 9. The van der Waals surface area contributed by atoms with E-state index >= 15 is 0 Å². The minimum Gasteiger partial charge on any atom is -0.494 e. The topological polar surface area (TPSA) is 68.5 Å². The van der Waals surface area contributed by atoms with Gasteiger partial charge in [-0.2, -0.15) is 0 Å². The van der Waals surface area contributed by atoms with Gasteiger partial charge in [0.25, 0.3) is 5.91 Å². The molecular formula is C26H31N3O3S. The Kier molecular flexibility index (Phi) is 8.05. The molecular weight excluding hydrogens is 434 g/mol. The standard InChI is InChI=1S/C26H31N3O3S/c1-3-31-23-10-8-20(9-11-23)6-7-21-12-15-29(16-13-21)26(30)24-5-4-14-27-25(24)33-18-22-17-19(2)32-28-22/h4-5,8-11,14,17,21H,3,6-7,12-13,15-16,18H2,1-2H3. The van der Waals surface area contributed by atoms with Gasteiger partial charge in [0.05, 0.1) is 17.9 Å². The molecule has 3 aromatic rings. The van der Waals surface area contributed by atoms with E-state index in [9.17, 15) is 4.79 Å². The molecule has 2 aromatic heterocycles. The molecule has 1 saturated heterocycles. The average Bonchev–Trinajstić information content (AvgIpc) is 3.27. The highest BCUT2D eigenvalue weighted by Gasteiger charge is 2.25. The Balaban J connectivity index is 1.27. The summed E-state index contributed by atoms with van der Waals surface area (Å²) >= 11 is 1.53. The second-order valence-corrected chi connectivity index (χ2v) is 9.39. The lowest BCUT2D eigenvalue weighted by Crippen LogP contribution is -2.38. The van der Waals surface area contributed by atoms with Crippen LogP contribution < -0.4 is 4.74 Å². The smallest absolute Gasteiger partial charge is 0.256 e. The van der Waals surface area contributed by atoms with Crippen LogP contribution in [0, 0.1) is 12.8 Å². The maximum absolute atomic E-state index is 13.2. The van der Waals surface area contributed by atoms with Gasteiger partial charge < -0.3 is 14.2 Å². The van der Waals surface area contributed by atoms with Crippen LogP contribution in [0.15, 0.2) is 58.2 Å². The molecule has 1 aliphatic rings. The number of thioether (sulfide) groups is 1. The quantitative estimate of drug-likeness (QED) is 0.386. The predicted molar refractivity (Wildman–Crippen MR) is 130 cm³/mol. The number of likely N-dealkylation sites (tertiary alicyclic amines) is 1. The summed E-state index contributed by atoms with van der Waals surface area (Å²) in [5.41, 5.74) is 2.88. The number of hydrogen-bond acceptors (Lipinski definition) is 6. The molecule has 0 radical (unpaired) electrons. The lowest BCUT2D eigenvalue weighted by atomic mass is 9.90. The van der Waals surface area contributed by atoms with Crippen molar-refractivity contribution in [1.82, 2.24) is 15.0 Å². The lowest BCUT2D eigenvalue weighted by Gasteiger charge is -2.32. The molecule has 1 fully saturated rings. The largest absolute Gasteiger partial charge is 0.494 e. The van der Waals surface area contributed by atoms with Gasteiger partial charge in [-0.05, 0) is 75.3 Å². The molecule has 6 nitrogen and oxygen atoms in total. The summed E-state index contributed by atoms with van der Waals surface area (Å²) in [5.74, 6) is 3.07. The van der Waals surface area contributed by atoms with Crippen molar-refractivity contribution in [3.05, 3.63) is 71.2 Å². The Bertz CT molecular complexity index is 1040. The van der Waals surface area contributed by atoms with Gasteiger partial charge in [-0.15, -0.1) is 0 Å². The van der Waals surface area contributed by atoms with Gasteiger partial charge >= 0.3 is 0 Å². The second-order valence-electron chi connectivity index (χ2n) is 8.42. The van der Waals surface area contributed by atoms with Crippen molar-refractivity contribution in [3.63, 3.8) is 0 Å². The second kappa shape index (κ2) is 11.4. The third-order valence-electron chi connectivity index (χ3n) is 6.01. The number of carbonyl (C=O) groups is 1. The van der Waals surface area contributed by atoms with Crippen LogP contribution in [-0.2, 0) is 12.2 Å². The van der Waals surface area contributed by atoms with E-state index in [-0.39, 0.29) is 5.91 Å². The van der Waals surface area contributed by atoms with E-state index in [1.807, 2.05) is 49.1 Å². The van der Waals surface area contributed by atoms with Crippen molar-refractivity contribution in [3.8, 4) is 5.75 Å². The highest BCUT2D eigenvalue weighted by Crippen LogP contribution is 2.28. The van der Waals surface area contributed by atoms with E-state index < -0.39 is 0 Å². The number of hydrogen-bond donors (Lipinski definition) is 0. The van der Waals surface area contributed by atoms with E-state index in [0.29, 0.717) is 23.8 Å². The number of piperidine rings is 1. The van der Waals surface area contributed by atoms with Crippen molar-refractivity contribution in [2.45, 2.75) is 50.3 Å². The zero-order valence-electron chi connectivity index (χ0n) is 19.3. The van der Waals surface area contributed by atoms with Crippen LogP contribution in [0.1, 0.15) is 53.6 Å². The van der Waals surface area contributed by atoms with Crippen LogP contribution >= 0.6 is 11.8 Å². The highest BCUT2D eigenvalue weighted by atomic mass is 32.2.